The van der Waals surface area contributed by atoms with E-state index in [0.717, 1.165) is 4.31 Å². The molecular weight excluding hydrogens is 280 g/mol. The lowest BCUT2D eigenvalue weighted by molar-refractivity contribution is -0.137. The lowest BCUT2D eigenvalue weighted by atomic mass is 10.1. The molecule has 0 aromatic rings. The Hall–Kier alpha value is -0.350. The van der Waals surface area contributed by atoms with Crippen molar-refractivity contribution in [1.29, 1.82) is 0 Å². The van der Waals surface area contributed by atoms with Crippen LogP contribution in [0.25, 0.3) is 0 Å². The standard InChI is InChI=1S/C9H20N2O5S2/c1-9(14,7-17-3)6-10-18(15,16)11(2)5-4-8(12)13/h10,14H,4-7H2,1-3H3,(H,12,13). The van der Waals surface area contributed by atoms with Gasteiger partial charge in [-0.2, -0.15) is 29.2 Å². The highest BCUT2D eigenvalue weighted by molar-refractivity contribution is 7.98. The Morgan fingerprint density at radius 3 is 2.50 bits per heavy atom. The van der Waals surface area contributed by atoms with Crippen LogP contribution in [0.15, 0.2) is 0 Å². The number of carbonyl (C=O) groups is 1. The molecule has 0 fully saturated rings. The number of aliphatic hydroxyl groups is 1. The van der Waals surface area contributed by atoms with E-state index in [-0.39, 0.29) is 19.5 Å². The van der Waals surface area contributed by atoms with E-state index in [4.69, 9.17) is 5.11 Å². The van der Waals surface area contributed by atoms with Gasteiger partial charge in [0.25, 0.3) is 10.2 Å². The summed E-state index contributed by atoms with van der Waals surface area (Å²) in [7, 11) is -2.47. The van der Waals surface area contributed by atoms with Crippen LogP contribution in [0.2, 0.25) is 0 Å². The smallest absolute Gasteiger partial charge is 0.304 e. The normalized spacial score (nSPS) is 15.6. The van der Waals surface area contributed by atoms with E-state index in [9.17, 15) is 18.3 Å². The van der Waals surface area contributed by atoms with Crippen LogP contribution in [0.5, 0.6) is 0 Å². The zero-order valence-corrected chi connectivity index (χ0v) is 12.3. The van der Waals surface area contributed by atoms with Crippen molar-refractivity contribution >= 4 is 27.9 Å². The van der Waals surface area contributed by atoms with Gasteiger partial charge in [0.2, 0.25) is 0 Å². The van der Waals surface area contributed by atoms with Gasteiger partial charge in [-0.15, -0.1) is 0 Å². The van der Waals surface area contributed by atoms with Gasteiger partial charge in [-0.3, -0.25) is 4.79 Å². The molecule has 0 aliphatic carbocycles. The minimum Gasteiger partial charge on any atom is -0.481 e. The maximum atomic E-state index is 11.7. The number of rotatable bonds is 9. The lowest BCUT2D eigenvalue weighted by Crippen LogP contribution is -2.47. The molecule has 0 saturated carbocycles. The van der Waals surface area contributed by atoms with E-state index >= 15 is 0 Å². The number of hydrogen-bond acceptors (Lipinski definition) is 5. The fraction of sp³-hybridized carbons (Fsp3) is 0.889. The minimum absolute atomic E-state index is 0.116. The third-order valence-electron chi connectivity index (χ3n) is 2.14. The second kappa shape index (κ2) is 7.29. The van der Waals surface area contributed by atoms with Gasteiger partial charge in [-0.05, 0) is 13.2 Å². The molecule has 0 bridgehead atoms. The van der Waals surface area contributed by atoms with Crippen LogP contribution in [0, 0.1) is 0 Å². The van der Waals surface area contributed by atoms with Crippen LogP contribution < -0.4 is 4.72 Å². The SMILES string of the molecule is CSCC(C)(O)CNS(=O)(=O)N(C)CCC(=O)O. The van der Waals surface area contributed by atoms with Gasteiger partial charge in [0.1, 0.15) is 0 Å². The number of thioether (sulfide) groups is 1. The maximum absolute atomic E-state index is 11.7. The monoisotopic (exact) mass is 300 g/mol. The molecule has 0 aromatic carbocycles. The zero-order valence-electron chi connectivity index (χ0n) is 10.7. The number of aliphatic carboxylic acids is 1. The first-order valence-corrected chi connectivity index (χ1v) is 8.08. The van der Waals surface area contributed by atoms with Crippen molar-refractivity contribution in [2.75, 3.05) is 32.1 Å². The molecule has 0 amide bonds. The van der Waals surface area contributed by atoms with Crippen molar-refractivity contribution in [3.05, 3.63) is 0 Å². The second-order valence-corrected chi connectivity index (χ2v) is 6.95. The van der Waals surface area contributed by atoms with Gasteiger partial charge < -0.3 is 10.2 Å². The van der Waals surface area contributed by atoms with E-state index in [0.29, 0.717) is 5.75 Å². The molecule has 3 N–H and O–H groups in total. The van der Waals surface area contributed by atoms with E-state index in [1.54, 1.807) is 0 Å². The Labute approximate surface area is 112 Å². The zero-order chi connectivity index (χ0) is 14.4. The Bertz CT molecular complexity index is 369. The second-order valence-electron chi connectivity index (χ2n) is 4.22. The molecule has 7 nitrogen and oxygen atoms in total. The molecule has 0 aliphatic rings. The van der Waals surface area contributed by atoms with Gasteiger partial charge in [0.05, 0.1) is 12.0 Å². The van der Waals surface area contributed by atoms with Crippen molar-refractivity contribution in [3.63, 3.8) is 0 Å². The van der Waals surface area contributed by atoms with E-state index in [1.165, 1.54) is 25.7 Å². The van der Waals surface area contributed by atoms with Crippen molar-refractivity contribution in [1.82, 2.24) is 9.03 Å². The highest BCUT2D eigenvalue weighted by atomic mass is 32.2. The Balaban J connectivity index is 4.34. The molecule has 9 heteroatoms. The molecule has 1 atom stereocenters. The van der Waals surface area contributed by atoms with E-state index in [2.05, 4.69) is 4.72 Å². The molecule has 0 heterocycles. The fourth-order valence-electron chi connectivity index (χ4n) is 1.09. The number of carboxylic acids is 1. The van der Waals surface area contributed by atoms with Gasteiger partial charge in [0, 0.05) is 25.9 Å². The van der Waals surface area contributed by atoms with Crippen LogP contribution in [-0.2, 0) is 15.0 Å². The van der Waals surface area contributed by atoms with Gasteiger partial charge in [-0.1, -0.05) is 0 Å². The Kier molecular flexibility index (Phi) is 7.15. The lowest BCUT2D eigenvalue weighted by Gasteiger charge is -2.24. The summed E-state index contributed by atoms with van der Waals surface area (Å²) in [5.41, 5.74) is -1.14. The number of nitrogens with one attached hydrogen (secondary N) is 1. The van der Waals surface area contributed by atoms with Gasteiger partial charge >= 0.3 is 5.97 Å². The summed E-state index contributed by atoms with van der Waals surface area (Å²) in [6, 6.07) is 0. The van der Waals surface area contributed by atoms with Crippen molar-refractivity contribution < 1.29 is 23.4 Å². The first-order chi connectivity index (χ1) is 8.10. The first-order valence-electron chi connectivity index (χ1n) is 5.25. The molecule has 0 spiro atoms. The molecular formula is C9H20N2O5S2. The highest BCUT2D eigenvalue weighted by Crippen LogP contribution is 2.10. The molecule has 0 aliphatic heterocycles. The van der Waals surface area contributed by atoms with E-state index in [1.807, 2.05) is 6.26 Å². The van der Waals surface area contributed by atoms with Crippen molar-refractivity contribution in [3.8, 4) is 0 Å². The summed E-state index contributed by atoms with van der Waals surface area (Å²) in [6.07, 6.45) is 1.54. The minimum atomic E-state index is -3.76. The van der Waals surface area contributed by atoms with Crippen molar-refractivity contribution in [2.24, 2.45) is 0 Å². The van der Waals surface area contributed by atoms with Crippen LogP contribution >= 0.6 is 11.8 Å². The first kappa shape index (κ1) is 17.6. The summed E-state index contributed by atoms with van der Waals surface area (Å²) >= 11 is 1.41. The summed E-state index contributed by atoms with van der Waals surface area (Å²) in [6.45, 7) is 1.30. The third kappa shape index (κ3) is 7.17. The molecule has 0 rings (SSSR count). The third-order valence-corrected chi connectivity index (χ3v) is 4.56. The van der Waals surface area contributed by atoms with Crippen LogP contribution in [0.4, 0.5) is 0 Å². The largest absolute Gasteiger partial charge is 0.481 e. The number of hydrogen-bond donors (Lipinski definition) is 3. The van der Waals surface area contributed by atoms with Crippen LogP contribution in [-0.4, -0.2) is 66.7 Å². The van der Waals surface area contributed by atoms with Gasteiger partial charge in [-0.25, -0.2) is 0 Å². The maximum Gasteiger partial charge on any atom is 0.304 e. The van der Waals surface area contributed by atoms with Crippen LogP contribution in [0.3, 0.4) is 0 Å². The summed E-state index contributed by atoms with van der Waals surface area (Å²) in [4.78, 5) is 10.3. The molecule has 18 heavy (non-hydrogen) atoms. The molecule has 0 radical (unpaired) electrons. The predicted octanol–water partition coefficient (Wildman–Crippen LogP) is -0.659. The average molecular weight is 300 g/mol. The van der Waals surface area contributed by atoms with Crippen molar-refractivity contribution in [2.45, 2.75) is 18.9 Å². The Morgan fingerprint density at radius 2 is 2.06 bits per heavy atom. The quantitative estimate of drug-likeness (QED) is 0.522. The Morgan fingerprint density at radius 1 is 1.50 bits per heavy atom. The number of carboxylic acid groups (broad SMARTS) is 1. The molecule has 0 aromatic heterocycles. The summed E-state index contributed by atoms with van der Waals surface area (Å²) < 4.78 is 26.6. The molecule has 1 unspecified atom stereocenters. The number of nitrogens with zero attached hydrogens (tertiary/aromatic N) is 1. The fourth-order valence-corrected chi connectivity index (χ4v) is 2.86. The highest BCUT2D eigenvalue weighted by Gasteiger charge is 2.25. The summed E-state index contributed by atoms with van der Waals surface area (Å²) in [5, 5.41) is 18.3. The average Bonchev–Trinajstić information content (AvgIpc) is 2.23. The van der Waals surface area contributed by atoms with E-state index < -0.39 is 21.8 Å². The molecule has 0 saturated heterocycles. The summed E-state index contributed by atoms with van der Waals surface area (Å²) in [5.74, 6) is -0.666. The van der Waals surface area contributed by atoms with Gasteiger partial charge in [0.15, 0.2) is 0 Å². The van der Waals surface area contributed by atoms with Crippen LogP contribution in [0.1, 0.15) is 13.3 Å². The topological polar surface area (TPSA) is 107 Å². The predicted molar refractivity (Wildman–Crippen MR) is 70.8 cm³/mol. The molecule has 108 valence electrons.